The number of amides is 2. The Bertz CT molecular complexity index is 1400. The summed E-state index contributed by atoms with van der Waals surface area (Å²) in [6.45, 7) is -0.0219. The Kier molecular flexibility index (Phi) is 9.86. The van der Waals surface area contributed by atoms with E-state index in [1.54, 1.807) is 36.4 Å². The van der Waals surface area contributed by atoms with Crippen molar-refractivity contribution in [3.63, 3.8) is 0 Å². The zero-order valence-corrected chi connectivity index (χ0v) is 22.2. The predicted molar refractivity (Wildman–Crippen MR) is 155 cm³/mol. The number of aliphatic hydroxyl groups excluding tert-OH is 1. The summed E-state index contributed by atoms with van der Waals surface area (Å²) in [7, 11) is 0. The number of hydrogen-bond donors (Lipinski definition) is 5. The van der Waals surface area contributed by atoms with Crippen molar-refractivity contribution in [2.75, 3.05) is 13.1 Å². The topological polar surface area (TPSA) is 134 Å². The highest BCUT2D eigenvalue weighted by Crippen LogP contribution is 2.19. The van der Waals surface area contributed by atoms with Crippen LogP contribution in [0, 0.1) is 0 Å². The first kappa shape index (κ1) is 28.8. The lowest BCUT2D eigenvalue weighted by Crippen LogP contribution is -2.61. The Morgan fingerprint density at radius 2 is 1.48 bits per heavy atom. The lowest BCUT2D eigenvalue weighted by atomic mass is 9.96. The highest BCUT2D eigenvalue weighted by atomic mass is 16.6. The van der Waals surface area contributed by atoms with Crippen LogP contribution in [0.3, 0.4) is 0 Å². The van der Waals surface area contributed by atoms with Crippen molar-refractivity contribution in [3.05, 3.63) is 120 Å². The van der Waals surface area contributed by atoms with Gasteiger partial charge in [-0.25, -0.2) is 4.79 Å². The number of nitrogens with two attached hydrogens (primary N) is 1. The molecule has 4 aromatic rings. The maximum atomic E-state index is 13.2. The van der Waals surface area contributed by atoms with Gasteiger partial charge >= 0.3 is 6.09 Å². The van der Waals surface area contributed by atoms with Crippen molar-refractivity contribution in [2.24, 2.45) is 5.73 Å². The second-order valence-corrected chi connectivity index (χ2v) is 9.79. The van der Waals surface area contributed by atoms with Crippen LogP contribution < -0.4 is 16.4 Å². The molecule has 0 bridgehead atoms. The van der Waals surface area contributed by atoms with Crippen molar-refractivity contribution in [3.8, 4) is 0 Å². The Morgan fingerprint density at radius 3 is 2.15 bits per heavy atom. The second-order valence-electron chi connectivity index (χ2n) is 9.79. The van der Waals surface area contributed by atoms with Crippen LogP contribution in [0.5, 0.6) is 0 Å². The lowest BCUT2D eigenvalue weighted by Gasteiger charge is -2.34. The van der Waals surface area contributed by atoms with Crippen LogP contribution in [-0.4, -0.2) is 53.2 Å². The third kappa shape index (κ3) is 7.89. The van der Waals surface area contributed by atoms with Crippen molar-refractivity contribution in [1.82, 2.24) is 10.6 Å². The quantitative estimate of drug-likeness (QED) is 0.174. The molecule has 0 aliphatic carbocycles. The summed E-state index contributed by atoms with van der Waals surface area (Å²) in [5.74, 6) is -0.559. The van der Waals surface area contributed by atoms with Gasteiger partial charge in [-0.3, -0.25) is 4.79 Å². The molecule has 0 saturated carbocycles. The van der Waals surface area contributed by atoms with E-state index in [4.69, 9.17) is 10.5 Å². The molecule has 3 atom stereocenters. The monoisotopic (exact) mass is 541 g/mol. The molecular weight excluding hydrogens is 506 g/mol. The standard InChI is InChI=1S/C32H35N3O5/c33-18-17-28(19-23-9-3-1-4-10-23)40-31(38)34-22-29(36)32(39,21-24-11-5-2-6-12-24)35-30(37)27-16-15-25-13-7-8-14-26(25)20-27/h1-16,20,28-29,36,39H,17-19,21-22,33H2,(H,34,38)(H,35,37). The number of alkyl carbamates (subject to hydrolysis) is 1. The van der Waals surface area contributed by atoms with Gasteiger partial charge in [0.2, 0.25) is 0 Å². The van der Waals surface area contributed by atoms with Crippen molar-refractivity contribution in [2.45, 2.75) is 37.2 Å². The van der Waals surface area contributed by atoms with Gasteiger partial charge in [0.05, 0.1) is 6.54 Å². The molecule has 0 aliphatic heterocycles. The summed E-state index contributed by atoms with van der Waals surface area (Å²) in [5.41, 5.74) is 5.65. The zero-order chi connectivity index (χ0) is 28.4. The van der Waals surface area contributed by atoms with E-state index in [2.05, 4.69) is 10.6 Å². The Labute approximate surface area is 233 Å². The normalized spacial score (nSPS) is 14.1. The predicted octanol–water partition coefficient (Wildman–Crippen LogP) is 3.55. The second kappa shape index (κ2) is 13.7. The van der Waals surface area contributed by atoms with Crippen LogP contribution in [0.4, 0.5) is 4.79 Å². The first-order valence-electron chi connectivity index (χ1n) is 13.3. The molecule has 0 spiro atoms. The third-order valence-corrected chi connectivity index (χ3v) is 6.72. The SMILES string of the molecule is NCCC(Cc1ccccc1)OC(=O)NCC(O)C(O)(Cc1ccccc1)NC(=O)c1ccc2ccccc2c1. The molecule has 3 unspecified atom stereocenters. The van der Waals surface area contributed by atoms with E-state index < -0.39 is 29.9 Å². The fraction of sp³-hybridized carbons (Fsp3) is 0.250. The minimum absolute atomic E-state index is 0.0884. The lowest BCUT2D eigenvalue weighted by molar-refractivity contribution is -0.0892. The number of carbonyl (C=O) groups is 2. The van der Waals surface area contributed by atoms with Crippen LogP contribution in [0.15, 0.2) is 103 Å². The van der Waals surface area contributed by atoms with Crippen LogP contribution in [0.25, 0.3) is 10.8 Å². The van der Waals surface area contributed by atoms with Crippen molar-refractivity contribution >= 4 is 22.8 Å². The van der Waals surface area contributed by atoms with Crippen LogP contribution in [0.2, 0.25) is 0 Å². The van der Waals surface area contributed by atoms with Gasteiger partial charge in [0, 0.05) is 18.4 Å². The molecule has 40 heavy (non-hydrogen) atoms. The van der Waals surface area contributed by atoms with Gasteiger partial charge in [0.1, 0.15) is 12.2 Å². The molecular formula is C32H35N3O5. The molecule has 8 nitrogen and oxygen atoms in total. The number of ether oxygens (including phenoxy) is 1. The highest BCUT2D eigenvalue weighted by molar-refractivity contribution is 5.98. The molecule has 208 valence electrons. The maximum absolute atomic E-state index is 13.2. The number of benzene rings is 4. The molecule has 0 saturated heterocycles. The van der Waals surface area contributed by atoms with E-state index in [9.17, 15) is 19.8 Å². The van der Waals surface area contributed by atoms with E-state index in [0.717, 1.165) is 16.3 Å². The highest BCUT2D eigenvalue weighted by Gasteiger charge is 2.38. The van der Waals surface area contributed by atoms with Crippen LogP contribution in [-0.2, 0) is 17.6 Å². The first-order chi connectivity index (χ1) is 19.4. The summed E-state index contributed by atoms with van der Waals surface area (Å²) < 4.78 is 5.56. The van der Waals surface area contributed by atoms with E-state index >= 15 is 0 Å². The summed E-state index contributed by atoms with van der Waals surface area (Å²) in [5, 5.41) is 29.6. The largest absolute Gasteiger partial charge is 0.446 e. The fourth-order valence-electron chi connectivity index (χ4n) is 4.56. The van der Waals surface area contributed by atoms with Gasteiger partial charge in [0.25, 0.3) is 5.91 Å². The Hall–Kier alpha value is -4.24. The van der Waals surface area contributed by atoms with Crippen LogP contribution in [0.1, 0.15) is 27.9 Å². The summed E-state index contributed by atoms with van der Waals surface area (Å²) >= 11 is 0. The number of fused-ring (bicyclic) bond motifs is 1. The minimum Gasteiger partial charge on any atom is -0.446 e. The molecule has 4 rings (SSSR count). The molecule has 2 amide bonds. The van der Waals surface area contributed by atoms with Crippen molar-refractivity contribution in [1.29, 1.82) is 0 Å². The van der Waals surface area contributed by atoms with Gasteiger partial charge in [-0.2, -0.15) is 0 Å². The summed E-state index contributed by atoms with van der Waals surface area (Å²) in [6.07, 6.45) is -1.89. The fourth-order valence-corrected chi connectivity index (χ4v) is 4.56. The van der Waals surface area contributed by atoms with E-state index in [0.29, 0.717) is 30.5 Å². The number of carbonyl (C=O) groups excluding carboxylic acids is 2. The summed E-state index contributed by atoms with van der Waals surface area (Å²) in [4.78, 5) is 25.8. The average Bonchev–Trinajstić information content (AvgIpc) is 2.96. The van der Waals surface area contributed by atoms with Crippen molar-refractivity contribution < 1.29 is 24.5 Å². The molecule has 4 aromatic carbocycles. The number of nitrogens with one attached hydrogen (secondary N) is 2. The number of rotatable bonds is 12. The first-order valence-corrected chi connectivity index (χ1v) is 13.3. The van der Waals surface area contributed by atoms with Gasteiger partial charge in [-0.15, -0.1) is 0 Å². The van der Waals surface area contributed by atoms with Crippen LogP contribution >= 0.6 is 0 Å². The number of aliphatic hydroxyl groups is 2. The third-order valence-electron chi connectivity index (χ3n) is 6.72. The molecule has 8 heteroatoms. The van der Waals surface area contributed by atoms with E-state index in [1.807, 2.05) is 66.7 Å². The van der Waals surface area contributed by atoms with Gasteiger partial charge < -0.3 is 31.3 Å². The summed E-state index contributed by atoms with van der Waals surface area (Å²) in [6, 6.07) is 31.4. The Balaban J connectivity index is 1.44. The minimum atomic E-state index is -2.09. The smallest absolute Gasteiger partial charge is 0.407 e. The molecule has 6 N–H and O–H groups in total. The van der Waals surface area contributed by atoms with E-state index in [-0.39, 0.29) is 13.0 Å². The average molecular weight is 542 g/mol. The molecule has 0 aliphatic rings. The van der Waals surface area contributed by atoms with Gasteiger partial charge in [-0.05, 0) is 47.0 Å². The van der Waals surface area contributed by atoms with Gasteiger partial charge in [-0.1, -0.05) is 91.0 Å². The molecule has 0 fully saturated rings. The molecule has 0 radical (unpaired) electrons. The number of hydrogen-bond acceptors (Lipinski definition) is 6. The maximum Gasteiger partial charge on any atom is 0.407 e. The molecule has 0 heterocycles. The zero-order valence-electron chi connectivity index (χ0n) is 22.2. The Morgan fingerprint density at radius 1 is 0.850 bits per heavy atom. The van der Waals surface area contributed by atoms with Gasteiger partial charge in [0.15, 0.2) is 5.72 Å². The molecule has 0 aromatic heterocycles. The van der Waals surface area contributed by atoms with E-state index in [1.165, 1.54) is 0 Å².